The molecule has 0 saturated carbocycles. The molecule has 2 aliphatic heterocycles. The van der Waals surface area contributed by atoms with Gasteiger partial charge in [0.25, 0.3) is 0 Å². The molecule has 8 heteroatoms. The molecule has 1 spiro atoms. The number of rotatable bonds is 3. The van der Waals surface area contributed by atoms with Gasteiger partial charge in [0.15, 0.2) is 23.7 Å². The minimum absolute atomic E-state index is 0.0104. The van der Waals surface area contributed by atoms with Crippen LogP contribution in [0.5, 0.6) is 11.5 Å². The molecule has 0 amide bonds. The van der Waals surface area contributed by atoms with Crippen molar-refractivity contribution < 1.29 is 34.0 Å². The van der Waals surface area contributed by atoms with Crippen LogP contribution in [0.4, 0.5) is 0 Å². The Morgan fingerprint density at radius 3 is 2.87 bits per heavy atom. The summed E-state index contributed by atoms with van der Waals surface area (Å²) >= 11 is 0. The minimum Gasteiger partial charge on any atom is -0.504 e. The largest absolute Gasteiger partial charge is 0.504 e. The van der Waals surface area contributed by atoms with Gasteiger partial charge in [-0.3, -0.25) is 4.79 Å². The zero-order valence-corrected chi connectivity index (χ0v) is 17.2. The molecule has 2 aliphatic carbocycles. The van der Waals surface area contributed by atoms with Crippen LogP contribution < -0.4 is 4.74 Å². The highest BCUT2D eigenvalue weighted by Gasteiger charge is 2.72. The molecule has 0 radical (unpaired) electrons. The van der Waals surface area contributed by atoms with Crippen molar-refractivity contribution in [2.75, 3.05) is 13.6 Å². The third-order valence-electron chi connectivity index (χ3n) is 7.25. The summed E-state index contributed by atoms with van der Waals surface area (Å²) in [5, 5.41) is 22.5. The van der Waals surface area contributed by atoms with E-state index in [9.17, 15) is 19.8 Å². The molecule has 1 saturated heterocycles. The van der Waals surface area contributed by atoms with Crippen LogP contribution in [0.1, 0.15) is 37.8 Å². The summed E-state index contributed by atoms with van der Waals surface area (Å²) in [6.45, 7) is 3.42. The molecule has 0 aromatic heterocycles. The first-order chi connectivity index (χ1) is 14.2. The molecule has 8 nitrogen and oxygen atoms in total. The molecule has 2 heterocycles. The lowest BCUT2D eigenvalue weighted by atomic mass is 9.50. The second kappa shape index (κ2) is 6.21. The molecule has 5 rings (SSSR count). The summed E-state index contributed by atoms with van der Waals surface area (Å²) in [4.78, 5) is 25.9. The van der Waals surface area contributed by atoms with E-state index in [1.54, 1.807) is 12.1 Å². The average Bonchev–Trinajstić information content (AvgIpc) is 3.04. The van der Waals surface area contributed by atoms with Crippen LogP contribution in [0.15, 0.2) is 24.0 Å². The third kappa shape index (κ3) is 2.29. The zero-order valence-electron chi connectivity index (χ0n) is 17.2. The molecule has 30 heavy (non-hydrogen) atoms. The van der Waals surface area contributed by atoms with E-state index in [2.05, 4.69) is 4.90 Å². The van der Waals surface area contributed by atoms with Crippen molar-refractivity contribution in [3.63, 3.8) is 0 Å². The number of hydrogen-bond donors (Lipinski definition) is 2. The van der Waals surface area contributed by atoms with Crippen molar-refractivity contribution in [2.24, 2.45) is 0 Å². The Hall–Kier alpha value is -2.58. The Bertz CT molecular complexity index is 988. The zero-order chi connectivity index (χ0) is 21.4. The van der Waals surface area contributed by atoms with Crippen LogP contribution in [0, 0.1) is 0 Å². The van der Waals surface area contributed by atoms with E-state index >= 15 is 0 Å². The summed E-state index contributed by atoms with van der Waals surface area (Å²) in [7, 11) is 2.01. The Balaban J connectivity index is 1.60. The van der Waals surface area contributed by atoms with Gasteiger partial charge in [-0.05, 0) is 51.1 Å². The number of likely N-dealkylation sites (tertiary alicyclic amines) is 1. The van der Waals surface area contributed by atoms with Gasteiger partial charge in [0, 0.05) is 24.9 Å². The summed E-state index contributed by atoms with van der Waals surface area (Å²) in [5.74, 6) is -0.625. The van der Waals surface area contributed by atoms with E-state index in [0.717, 1.165) is 17.7 Å². The first-order valence-corrected chi connectivity index (χ1v) is 10.2. The number of nitrogens with zero attached hydrogens (tertiary/aromatic N) is 1. The van der Waals surface area contributed by atoms with E-state index < -0.39 is 35.2 Å². The van der Waals surface area contributed by atoms with Gasteiger partial charge in [0.1, 0.15) is 5.76 Å². The van der Waals surface area contributed by atoms with Crippen LogP contribution >= 0.6 is 0 Å². The fourth-order valence-electron chi connectivity index (χ4n) is 5.93. The number of carbonyl (C=O) groups excluding carboxylic acids is 2. The van der Waals surface area contributed by atoms with E-state index in [4.69, 9.17) is 14.2 Å². The number of ether oxygens (including phenoxy) is 3. The number of benzene rings is 1. The summed E-state index contributed by atoms with van der Waals surface area (Å²) in [5.41, 5.74) is -0.0731. The van der Waals surface area contributed by atoms with Gasteiger partial charge in [-0.2, -0.15) is 0 Å². The summed E-state index contributed by atoms with van der Waals surface area (Å²) in [6.07, 6.45) is 1.43. The molecule has 2 bridgehead atoms. The predicted molar refractivity (Wildman–Crippen MR) is 104 cm³/mol. The fraction of sp³-hybridized carbons (Fsp3) is 0.545. The first kappa shape index (κ1) is 19.4. The maximum Gasteiger partial charge on any atom is 0.352 e. The second-order valence-electron chi connectivity index (χ2n) is 8.78. The molecule has 2 unspecified atom stereocenters. The Morgan fingerprint density at radius 1 is 1.37 bits per heavy atom. The highest BCUT2D eigenvalue weighted by atomic mass is 16.6. The normalized spacial score (nSPS) is 34.3. The van der Waals surface area contributed by atoms with E-state index in [1.807, 2.05) is 13.1 Å². The summed E-state index contributed by atoms with van der Waals surface area (Å²) < 4.78 is 16.8. The average molecular weight is 415 g/mol. The molecule has 5 atom stereocenters. The molecule has 1 aromatic carbocycles. The second-order valence-corrected chi connectivity index (χ2v) is 8.78. The standard InChI is InChI=1S/C22H25NO7/c1-11(28-12(2)24)20(26)29-15-6-7-22(27)16-10-13-4-5-14(25)18-17(13)21(22,19(15)30-18)8-9-23(16)3/h4-6,11,16,19,25,27H,7-10H2,1-3H3/t11-,16+,19?,21?,22+/m0/s1. The Kier molecular flexibility index (Phi) is 4.02. The van der Waals surface area contributed by atoms with Crippen LogP contribution in [-0.4, -0.2) is 64.5 Å². The summed E-state index contributed by atoms with van der Waals surface area (Å²) in [6, 6.07) is 3.38. The number of esters is 2. The molecule has 160 valence electrons. The van der Waals surface area contributed by atoms with Crippen molar-refractivity contribution in [2.45, 2.75) is 62.4 Å². The van der Waals surface area contributed by atoms with E-state index in [-0.39, 0.29) is 17.6 Å². The van der Waals surface area contributed by atoms with Gasteiger partial charge in [-0.15, -0.1) is 0 Å². The number of phenols is 1. The predicted octanol–water partition coefficient (Wildman–Crippen LogP) is 1.16. The number of piperidine rings is 1. The van der Waals surface area contributed by atoms with Gasteiger partial charge in [0.05, 0.1) is 11.0 Å². The lowest BCUT2D eigenvalue weighted by Gasteiger charge is -2.61. The van der Waals surface area contributed by atoms with Crippen LogP contribution in [0.2, 0.25) is 0 Å². The number of phenolic OH excluding ortho intramolecular Hbond substituents is 1. The highest BCUT2D eigenvalue weighted by Crippen LogP contribution is 2.65. The Morgan fingerprint density at radius 2 is 2.13 bits per heavy atom. The molecular weight excluding hydrogens is 390 g/mol. The van der Waals surface area contributed by atoms with Gasteiger partial charge >= 0.3 is 11.9 Å². The number of hydrogen-bond acceptors (Lipinski definition) is 8. The van der Waals surface area contributed by atoms with Crippen LogP contribution in [-0.2, 0) is 30.9 Å². The van der Waals surface area contributed by atoms with Crippen LogP contribution in [0.3, 0.4) is 0 Å². The van der Waals surface area contributed by atoms with E-state index in [1.165, 1.54) is 13.8 Å². The first-order valence-electron chi connectivity index (χ1n) is 10.2. The van der Waals surface area contributed by atoms with Crippen molar-refractivity contribution >= 4 is 11.9 Å². The van der Waals surface area contributed by atoms with Crippen molar-refractivity contribution in [1.29, 1.82) is 0 Å². The van der Waals surface area contributed by atoms with Crippen molar-refractivity contribution in [1.82, 2.24) is 4.90 Å². The van der Waals surface area contributed by atoms with Gasteiger partial charge in [-0.25, -0.2) is 4.79 Å². The van der Waals surface area contributed by atoms with Gasteiger partial charge in [-0.1, -0.05) is 6.07 Å². The number of aromatic hydroxyl groups is 1. The smallest absolute Gasteiger partial charge is 0.352 e. The molecule has 1 aromatic rings. The SMILES string of the molecule is CC(=O)O[C@@H](C)C(=O)OC1=CC[C@@]2(O)[C@H]3Cc4ccc(O)c5c4C2(CCN3C)C1O5. The fourth-order valence-corrected chi connectivity index (χ4v) is 5.93. The molecule has 4 aliphatic rings. The molecule has 1 fully saturated rings. The molecular formula is C22H25NO7. The third-order valence-corrected chi connectivity index (χ3v) is 7.25. The maximum absolute atomic E-state index is 12.5. The number of likely N-dealkylation sites (N-methyl/N-ethyl adjacent to an activating group) is 1. The maximum atomic E-state index is 12.5. The lowest BCUT2D eigenvalue weighted by Crippen LogP contribution is -2.74. The van der Waals surface area contributed by atoms with E-state index in [0.29, 0.717) is 25.0 Å². The lowest BCUT2D eigenvalue weighted by molar-refractivity contribution is -0.175. The van der Waals surface area contributed by atoms with Crippen LogP contribution in [0.25, 0.3) is 0 Å². The highest BCUT2D eigenvalue weighted by molar-refractivity contribution is 5.79. The van der Waals surface area contributed by atoms with Gasteiger partial charge in [0.2, 0.25) is 0 Å². The molecule has 2 N–H and O–H groups in total. The van der Waals surface area contributed by atoms with Gasteiger partial charge < -0.3 is 29.3 Å². The van der Waals surface area contributed by atoms with Crippen molar-refractivity contribution in [3.05, 3.63) is 35.1 Å². The Labute approximate surface area is 174 Å². The minimum atomic E-state index is -1.12. The monoisotopic (exact) mass is 415 g/mol. The number of carbonyl (C=O) groups is 2. The quantitative estimate of drug-likeness (QED) is 0.709. The number of aliphatic hydroxyl groups is 1. The van der Waals surface area contributed by atoms with Crippen molar-refractivity contribution in [3.8, 4) is 11.5 Å². The topological polar surface area (TPSA) is 106 Å².